The number of aliphatic hydroxyl groups excluding tert-OH is 1. The van der Waals surface area contributed by atoms with Gasteiger partial charge in [0, 0.05) is 25.5 Å². The van der Waals surface area contributed by atoms with Gasteiger partial charge in [-0.3, -0.25) is 4.79 Å². The van der Waals surface area contributed by atoms with Crippen LogP contribution in [0.25, 0.3) is 0 Å². The Morgan fingerprint density at radius 2 is 2.32 bits per heavy atom. The molecule has 2 aromatic rings. The average Bonchev–Trinajstić information content (AvgIpc) is 3.16. The van der Waals surface area contributed by atoms with Crippen molar-refractivity contribution in [2.75, 3.05) is 13.1 Å². The monoisotopic (exact) mass is 343 g/mol. The van der Waals surface area contributed by atoms with Crippen molar-refractivity contribution in [3.63, 3.8) is 0 Å². The number of carbonyl (C=O) groups is 1. The summed E-state index contributed by atoms with van der Waals surface area (Å²) in [5, 5.41) is 9.22. The molecule has 134 valence electrons. The molecule has 1 saturated heterocycles. The first kappa shape index (κ1) is 17.5. The molecule has 1 aromatic heterocycles. The second kappa shape index (κ2) is 7.70. The molecule has 3 unspecified atom stereocenters. The number of hydrogen-bond donors (Lipinski definition) is 1. The largest absolute Gasteiger partial charge is 0.481 e. The number of carbonyl (C=O) groups excluding carboxylic acids is 1. The molecule has 0 bridgehead atoms. The maximum Gasteiger partial charge on any atom is 0.263 e. The van der Waals surface area contributed by atoms with Crippen LogP contribution in [0.3, 0.4) is 0 Å². The normalized spacial score (nSPS) is 21.8. The molecule has 1 aromatic carbocycles. The predicted molar refractivity (Wildman–Crippen MR) is 94.1 cm³/mol. The average molecular weight is 343 g/mol. The highest BCUT2D eigenvalue weighted by atomic mass is 16.5. The van der Waals surface area contributed by atoms with Crippen molar-refractivity contribution >= 4 is 5.91 Å². The van der Waals surface area contributed by atoms with Gasteiger partial charge in [-0.15, -0.1) is 0 Å². The highest BCUT2D eigenvalue weighted by Gasteiger charge is 2.32. The molecule has 1 N–H and O–H groups in total. The SMILES string of the molecule is CC(Oc1cccc(CO)c1)C(=O)N1CCC(C)C(n2ccnc2)C1. The van der Waals surface area contributed by atoms with E-state index in [1.165, 1.54) is 0 Å². The zero-order valence-electron chi connectivity index (χ0n) is 14.7. The van der Waals surface area contributed by atoms with Crippen molar-refractivity contribution in [2.45, 2.75) is 39.0 Å². The van der Waals surface area contributed by atoms with Crippen LogP contribution in [-0.2, 0) is 11.4 Å². The van der Waals surface area contributed by atoms with Crippen molar-refractivity contribution in [1.82, 2.24) is 14.5 Å². The molecule has 6 heteroatoms. The summed E-state index contributed by atoms with van der Waals surface area (Å²) >= 11 is 0. The lowest BCUT2D eigenvalue weighted by atomic mass is 9.93. The van der Waals surface area contributed by atoms with Crippen molar-refractivity contribution in [1.29, 1.82) is 0 Å². The lowest BCUT2D eigenvalue weighted by molar-refractivity contribution is -0.140. The Bertz CT molecular complexity index is 702. The Kier molecular flexibility index (Phi) is 5.38. The van der Waals surface area contributed by atoms with E-state index in [4.69, 9.17) is 4.74 Å². The molecule has 6 nitrogen and oxygen atoms in total. The molecule has 1 aliphatic rings. The van der Waals surface area contributed by atoms with Gasteiger partial charge in [0.25, 0.3) is 5.91 Å². The first-order chi connectivity index (χ1) is 12.1. The molecule has 3 atom stereocenters. The molecule has 25 heavy (non-hydrogen) atoms. The quantitative estimate of drug-likeness (QED) is 0.904. The van der Waals surface area contributed by atoms with Crippen molar-refractivity contribution in [2.24, 2.45) is 5.92 Å². The molecule has 3 rings (SSSR count). The minimum absolute atomic E-state index is 0.00795. The number of ether oxygens (including phenoxy) is 1. The van der Waals surface area contributed by atoms with Gasteiger partial charge in [-0.2, -0.15) is 0 Å². The fourth-order valence-electron chi connectivity index (χ4n) is 3.33. The third-order valence-corrected chi connectivity index (χ3v) is 4.88. The highest BCUT2D eigenvalue weighted by Crippen LogP contribution is 2.28. The highest BCUT2D eigenvalue weighted by molar-refractivity contribution is 5.81. The van der Waals surface area contributed by atoms with E-state index in [1.807, 2.05) is 29.6 Å². The smallest absolute Gasteiger partial charge is 0.263 e. The first-order valence-electron chi connectivity index (χ1n) is 8.71. The number of likely N-dealkylation sites (tertiary alicyclic amines) is 1. The van der Waals surface area contributed by atoms with Crippen molar-refractivity contribution in [3.8, 4) is 5.75 Å². The summed E-state index contributed by atoms with van der Waals surface area (Å²) in [6, 6.07) is 7.44. The lowest BCUT2D eigenvalue weighted by Gasteiger charge is -2.38. The summed E-state index contributed by atoms with van der Waals surface area (Å²) in [6.07, 6.45) is 5.94. The minimum atomic E-state index is -0.564. The number of hydrogen-bond acceptors (Lipinski definition) is 4. The van der Waals surface area contributed by atoms with Gasteiger partial charge in [-0.25, -0.2) is 4.98 Å². The maximum atomic E-state index is 12.8. The standard InChI is InChI=1S/C19H25N3O3/c1-14-6-8-21(11-18(14)22-9-7-20-13-22)19(24)15(2)25-17-5-3-4-16(10-17)12-23/h3-5,7,9-10,13-15,18,23H,6,8,11-12H2,1-2H3. The van der Waals surface area contributed by atoms with Crippen molar-refractivity contribution in [3.05, 3.63) is 48.5 Å². The summed E-state index contributed by atoms with van der Waals surface area (Å²) in [4.78, 5) is 18.8. The predicted octanol–water partition coefficient (Wildman–Crippen LogP) is 2.25. The molecule has 2 heterocycles. The summed E-state index contributed by atoms with van der Waals surface area (Å²) in [6.45, 7) is 5.36. The molecular weight excluding hydrogens is 318 g/mol. The number of benzene rings is 1. The van der Waals surface area contributed by atoms with Crippen LogP contribution in [0, 0.1) is 5.92 Å². The second-order valence-corrected chi connectivity index (χ2v) is 6.69. The number of piperidine rings is 1. The molecule has 0 radical (unpaired) electrons. The third-order valence-electron chi connectivity index (χ3n) is 4.88. The van der Waals surface area contributed by atoms with Gasteiger partial charge in [0.1, 0.15) is 5.75 Å². The number of aromatic nitrogens is 2. The molecule has 1 aliphatic heterocycles. The van der Waals surface area contributed by atoms with Gasteiger partial charge in [0.2, 0.25) is 0 Å². The van der Waals surface area contributed by atoms with Crippen LogP contribution < -0.4 is 4.74 Å². The molecule has 0 aliphatic carbocycles. The fraction of sp³-hybridized carbons (Fsp3) is 0.474. The van der Waals surface area contributed by atoms with Crippen LogP contribution in [0.2, 0.25) is 0 Å². The van der Waals surface area contributed by atoms with Crippen LogP contribution in [0.4, 0.5) is 0 Å². The summed E-state index contributed by atoms with van der Waals surface area (Å²) in [5.74, 6) is 1.09. The van der Waals surface area contributed by atoms with E-state index in [9.17, 15) is 9.90 Å². The number of imidazole rings is 1. The summed E-state index contributed by atoms with van der Waals surface area (Å²) in [7, 11) is 0. The number of amides is 1. The molecule has 1 fully saturated rings. The zero-order chi connectivity index (χ0) is 17.8. The van der Waals surface area contributed by atoms with Crippen LogP contribution in [0.15, 0.2) is 43.0 Å². The van der Waals surface area contributed by atoms with Gasteiger partial charge in [0.05, 0.1) is 19.0 Å². The first-order valence-corrected chi connectivity index (χ1v) is 8.71. The van der Waals surface area contributed by atoms with E-state index in [1.54, 1.807) is 25.3 Å². The van der Waals surface area contributed by atoms with Crippen LogP contribution in [0.5, 0.6) is 5.75 Å². The minimum Gasteiger partial charge on any atom is -0.481 e. The molecular formula is C19H25N3O3. The van der Waals surface area contributed by atoms with E-state index in [2.05, 4.69) is 16.5 Å². The van der Waals surface area contributed by atoms with Gasteiger partial charge in [-0.1, -0.05) is 19.1 Å². The maximum absolute atomic E-state index is 12.8. The zero-order valence-corrected chi connectivity index (χ0v) is 14.7. The van der Waals surface area contributed by atoms with Crippen molar-refractivity contribution < 1.29 is 14.6 Å². The van der Waals surface area contributed by atoms with E-state index in [0.717, 1.165) is 18.5 Å². The fourth-order valence-corrected chi connectivity index (χ4v) is 3.33. The third kappa shape index (κ3) is 4.02. The molecule has 0 saturated carbocycles. The van der Waals surface area contributed by atoms with Crippen LogP contribution in [0.1, 0.15) is 31.9 Å². The topological polar surface area (TPSA) is 67.6 Å². The Morgan fingerprint density at radius 3 is 3.04 bits per heavy atom. The van der Waals surface area contributed by atoms with Gasteiger partial charge < -0.3 is 19.3 Å². The lowest BCUT2D eigenvalue weighted by Crippen LogP contribution is -2.48. The number of aliphatic hydroxyl groups is 1. The summed E-state index contributed by atoms with van der Waals surface area (Å²) < 4.78 is 7.89. The van der Waals surface area contributed by atoms with Crippen LogP contribution in [-0.4, -0.2) is 44.7 Å². The number of nitrogens with zero attached hydrogens (tertiary/aromatic N) is 3. The summed E-state index contributed by atoms with van der Waals surface area (Å²) in [5.41, 5.74) is 0.768. The van der Waals surface area contributed by atoms with Gasteiger partial charge in [-0.05, 0) is 37.0 Å². The van der Waals surface area contributed by atoms with Gasteiger partial charge in [0.15, 0.2) is 6.10 Å². The molecule has 1 amide bonds. The van der Waals surface area contributed by atoms with Gasteiger partial charge >= 0.3 is 0 Å². The Balaban J connectivity index is 1.65. The van der Waals surface area contributed by atoms with E-state index in [-0.39, 0.29) is 18.6 Å². The Labute approximate surface area is 148 Å². The van der Waals surface area contributed by atoms with E-state index in [0.29, 0.717) is 18.2 Å². The second-order valence-electron chi connectivity index (χ2n) is 6.69. The number of rotatable bonds is 5. The Morgan fingerprint density at radius 1 is 1.48 bits per heavy atom. The van der Waals surface area contributed by atoms with E-state index < -0.39 is 6.10 Å². The Hall–Kier alpha value is -2.34. The van der Waals surface area contributed by atoms with Crippen LogP contribution >= 0.6 is 0 Å². The molecule has 0 spiro atoms. The van der Waals surface area contributed by atoms with E-state index >= 15 is 0 Å².